The topological polar surface area (TPSA) is 55.1 Å². The Morgan fingerprint density at radius 3 is 2.15 bits per heavy atom. The second kappa shape index (κ2) is 4.61. The van der Waals surface area contributed by atoms with Gasteiger partial charge in [-0.15, -0.1) is 0 Å². The fourth-order valence-electron chi connectivity index (χ4n) is 1.14. The average molecular weight is 186 g/mol. The average Bonchev–Trinajstić information content (AvgIpc) is 1.81. The number of rotatable bonds is 3. The van der Waals surface area contributed by atoms with Crippen LogP contribution in [-0.4, -0.2) is 18.0 Å². The Kier molecular flexibility index (Phi) is 4.40. The van der Waals surface area contributed by atoms with Crippen molar-refractivity contribution >= 4 is 5.91 Å². The van der Waals surface area contributed by atoms with Gasteiger partial charge in [0.25, 0.3) is 0 Å². The highest BCUT2D eigenvalue weighted by Gasteiger charge is 2.21. The van der Waals surface area contributed by atoms with Crippen LogP contribution in [0.3, 0.4) is 0 Å². The summed E-state index contributed by atoms with van der Waals surface area (Å²) in [4.78, 5) is 11.4. The van der Waals surface area contributed by atoms with Crippen LogP contribution < -0.4 is 11.1 Å². The third-order valence-electron chi connectivity index (χ3n) is 1.60. The summed E-state index contributed by atoms with van der Waals surface area (Å²) in [6.45, 7) is 10.1. The van der Waals surface area contributed by atoms with Crippen molar-refractivity contribution in [3.05, 3.63) is 0 Å². The molecule has 0 aliphatic rings. The van der Waals surface area contributed by atoms with E-state index in [0.29, 0.717) is 6.42 Å². The second-order valence-electron chi connectivity index (χ2n) is 5.03. The highest BCUT2D eigenvalue weighted by molar-refractivity contribution is 5.81. The van der Waals surface area contributed by atoms with E-state index in [1.165, 1.54) is 0 Å². The van der Waals surface area contributed by atoms with Crippen LogP contribution in [0.2, 0.25) is 0 Å². The number of amides is 1. The maximum atomic E-state index is 11.4. The molecule has 0 aromatic rings. The minimum atomic E-state index is -0.387. The Labute approximate surface area is 81.1 Å². The minimum absolute atomic E-state index is 0.0510. The standard InChI is InChI=1S/C10H22N2O/c1-7(2)12-9(13)8(11)6-10(3,4)5/h7-8H,6,11H2,1-5H3,(H,12,13). The molecule has 1 unspecified atom stereocenters. The van der Waals surface area contributed by atoms with Crippen LogP contribution in [0.1, 0.15) is 41.0 Å². The zero-order valence-electron chi connectivity index (χ0n) is 9.35. The molecule has 0 fully saturated rings. The molecule has 1 atom stereocenters. The summed E-state index contributed by atoms with van der Waals surface area (Å²) in [6.07, 6.45) is 0.714. The van der Waals surface area contributed by atoms with Crippen molar-refractivity contribution in [2.75, 3.05) is 0 Å². The fourth-order valence-corrected chi connectivity index (χ4v) is 1.14. The molecule has 0 aromatic heterocycles. The van der Waals surface area contributed by atoms with Crippen molar-refractivity contribution in [1.82, 2.24) is 5.32 Å². The van der Waals surface area contributed by atoms with Crippen molar-refractivity contribution < 1.29 is 4.79 Å². The molecule has 0 saturated heterocycles. The summed E-state index contributed by atoms with van der Waals surface area (Å²) in [5.41, 5.74) is 5.84. The van der Waals surface area contributed by atoms with Gasteiger partial charge >= 0.3 is 0 Å². The molecule has 0 aliphatic heterocycles. The van der Waals surface area contributed by atoms with Gasteiger partial charge < -0.3 is 11.1 Å². The predicted octanol–water partition coefficient (Wildman–Crippen LogP) is 1.27. The van der Waals surface area contributed by atoms with Crippen molar-refractivity contribution in [1.29, 1.82) is 0 Å². The van der Waals surface area contributed by atoms with E-state index in [1.807, 2.05) is 13.8 Å². The molecule has 13 heavy (non-hydrogen) atoms. The number of hydrogen-bond donors (Lipinski definition) is 2. The van der Waals surface area contributed by atoms with Crippen LogP contribution in [0, 0.1) is 5.41 Å². The first kappa shape index (κ1) is 12.4. The summed E-state index contributed by atoms with van der Waals surface area (Å²) in [7, 11) is 0. The van der Waals surface area contributed by atoms with Gasteiger partial charge in [-0.2, -0.15) is 0 Å². The molecule has 3 nitrogen and oxygen atoms in total. The lowest BCUT2D eigenvalue weighted by atomic mass is 9.88. The van der Waals surface area contributed by atoms with Crippen molar-refractivity contribution in [2.45, 2.75) is 53.1 Å². The number of carbonyl (C=O) groups is 1. The highest BCUT2D eigenvalue weighted by Crippen LogP contribution is 2.19. The van der Waals surface area contributed by atoms with E-state index < -0.39 is 0 Å². The van der Waals surface area contributed by atoms with Crippen molar-refractivity contribution in [3.63, 3.8) is 0 Å². The van der Waals surface area contributed by atoms with Crippen molar-refractivity contribution in [3.8, 4) is 0 Å². The Morgan fingerprint density at radius 2 is 1.85 bits per heavy atom. The Balaban J connectivity index is 3.97. The smallest absolute Gasteiger partial charge is 0.237 e. The third-order valence-corrected chi connectivity index (χ3v) is 1.60. The molecular formula is C10H22N2O. The molecule has 3 N–H and O–H groups in total. The maximum Gasteiger partial charge on any atom is 0.237 e. The molecule has 0 saturated carbocycles. The Morgan fingerprint density at radius 1 is 1.38 bits per heavy atom. The van der Waals surface area contributed by atoms with Gasteiger partial charge in [0, 0.05) is 6.04 Å². The molecule has 0 radical (unpaired) electrons. The normalized spacial score (nSPS) is 14.4. The number of carbonyl (C=O) groups excluding carboxylic acids is 1. The van der Waals surface area contributed by atoms with Gasteiger partial charge in [-0.05, 0) is 25.7 Å². The molecular weight excluding hydrogens is 164 g/mol. The van der Waals surface area contributed by atoms with E-state index >= 15 is 0 Å². The quantitative estimate of drug-likeness (QED) is 0.697. The van der Waals surface area contributed by atoms with Crippen LogP contribution in [0.5, 0.6) is 0 Å². The van der Waals surface area contributed by atoms with E-state index in [-0.39, 0.29) is 23.4 Å². The Hall–Kier alpha value is -0.570. The molecule has 0 heterocycles. The maximum absolute atomic E-state index is 11.4. The van der Waals surface area contributed by atoms with Crippen LogP contribution in [0.15, 0.2) is 0 Å². The molecule has 0 aromatic carbocycles. The minimum Gasteiger partial charge on any atom is -0.353 e. The fraction of sp³-hybridized carbons (Fsp3) is 0.900. The highest BCUT2D eigenvalue weighted by atomic mass is 16.2. The molecule has 3 heteroatoms. The molecule has 0 spiro atoms. The summed E-state index contributed by atoms with van der Waals surface area (Å²) in [6, 6.07) is -0.221. The number of nitrogens with two attached hydrogens (primary N) is 1. The molecule has 0 bridgehead atoms. The van der Waals surface area contributed by atoms with E-state index in [2.05, 4.69) is 26.1 Å². The monoisotopic (exact) mass is 186 g/mol. The molecule has 1 amide bonds. The molecule has 0 aliphatic carbocycles. The van der Waals surface area contributed by atoms with E-state index in [1.54, 1.807) is 0 Å². The van der Waals surface area contributed by atoms with Gasteiger partial charge in [0.15, 0.2) is 0 Å². The SMILES string of the molecule is CC(C)NC(=O)C(N)CC(C)(C)C. The molecule has 0 rings (SSSR count). The zero-order valence-corrected chi connectivity index (χ0v) is 9.35. The van der Waals surface area contributed by atoms with E-state index in [9.17, 15) is 4.79 Å². The molecule has 78 valence electrons. The van der Waals surface area contributed by atoms with Gasteiger partial charge in [0.1, 0.15) is 0 Å². The van der Waals surface area contributed by atoms with E-state index in [4.69, 9.17) is 5.73 Å². The first-order chi connectivity index (χ1) is 5.72. The Bertz CT molecular complexity index is 170. The lowest BCUT2D eigenvalue weighted by Crippen LogP contribution is -2.45. The largest absolute Gasteiger partial charge is 0.353 e. The number of nitrogens with one attached hydrogen (secondary N) is 1. The van der Waals surface area contributed by atoms with E-state index in [0.717, 1.165) is 0 Å². The van der Waals surface area contributed by atoms with Gasteiger partial charge in [-0.3, -0.25) is 4.79 Å². The first-order valence-electron chi connectivity index (χ1n) is 4.78. The summed E-state index contributed by atoms with van der Waals surface area (Å²) < 4.78 is 0. The first-order valence-corrected chi connectivity index (χ1v) is 4.78. The lowest BCUT2D eigenvalue weighted by molar-refractivity contribution is -0.123. The van der Waals surface area contributed by atoms with Gasteiger partial charge in [0.2, 0.25) is 5.91 Å². The van der Waals surface area contributed by atoms with Crippen LogP contribution in [-0.2, 0) is 4.79 Å². The van der Waals surface area contributed by atoms with Gasteiger partial charge in [-0.1, -0.05) is 20.8 Å². The van der Waals surface area contributed by atoms with Crippen LogP contribution >= 0.6 is 0 Å². The number of hydrogen-bond acceptors (Lipinski definition) is 2. The summed E-state index contributed by atoms with van der Waals surface area (Å²) in [5.74, 6) is -0.0510. The van der Waals surface area contributed by atoms with Crippen molar-refractivity contribution in [2.24, 2.45) is 11.1 Å². The van der Waals surface area contributed by atoms with Crippen LogP contribution in [0.25, 0.3) is 0 Å². The summed E-state index contributed by atoms with van der Waals surface area (Å²) >= 11 is 0. The predicted molar refractivity (Wildman–Crippen MR) is 55.3 cm³/mol. The third kappa shape index (κ3) is 6.58. The summed E-state index contributed by atoms with van der Waals surface area (Å²) in [5, 5.41) is 2.80. The zero-order chi connectivity index (χ0) is 10.6. The second-order valence-corrected chi connectivity index (χ2v) is 5.03. The van der Waals surface area contributed by atoms with Gasteiger partial charge in [-0.25, -0.2) is 0 Å². The van der Waals surface area contributed by atoms with Crippen LogP contribution in [0.4, 0.5) is 0 Å². The van der Waals surface area contributed by atoms with Gasteiger partial charge in [0.05, 0.1) is 6.04 Å². The lowest BCUT2D eigenvalue weighted by Gasteiger charge is -2.23.